The van der Waals surface area contributed by atoms with Crippen LogP contribution in [0.2, 0.25) is 0 Å². The minimum atomic E-state index is 0.250. The Hall–Kier alpha value is -3.31. The number of rotatable bonds is 2. The van der Waals surface area contributed by atoms with E-state index in [2.05, 4.69) is 39.2 Å². The topological polar surface area (TPSA) is 102 Å². The van der Waals surface area contributed by atoms with Crippen molar-refractivity contribution in [3.63, 3.8) is 0 Å². The Bertz CT molecular complexity index is 1070. The zero-order valence-electron chi connectivity index (χ0n) is 14.1. The van der Waals surface area contributed by atoms with E-state index in [4.69, 9.17) is 14.1 Å². The number of aromatic nitrogens is 4. The van der Waals surface area contributed by atoms with Gasteiger partial charge in [0.25, 0.3) is 0 Å². The molecule has 4 aromatic rings. The molecular formula is C18H16N4O3. The molecule has 0 amide bonds. The van der Waals surface area contributed by atoms with Gasteiger partial charge in [0.15, 0.2) is 0 Å². The molecule has 7 nitrogen and oxygen atoms in total. The fourth-order valence-electron chi connectivity index (χ4n) is 2.94. The van der Waals surface area contributed by atoms with Crippen LogP contribution in [0.4, 0.5) is 0 Å². The predicted octanol–water partition coefficient (Wildman–Crippen LogP) is 3.36. The van der Waals surface area contributed by atoms with Gasteiger partial charge in [0, 0.05) is 34.6 Å². The first-order chi connectivity index (χ1) is 12.1. The van der Waals surface area contributed by atoms with Crippen molar-refractivity contribution in [1.29, 1.82) is 0 Å². The number of carbonyl (C=O) groups excluding carboxylic acids is 2. The van der Waals surface area contributed by atoms with E-state index in [-0.39, 0.29) is 6.15 Å². The summed E-state index contributed by atoms with van der Waals surface area (Å²) in [6, 6.07) is 4.19. The maximum Gasteiger partial charge on any atom is 0.373 e. The molecular weight excluding hydrogens is 320 g/mol. The van der Waals surface area contributed by atoms with Gasteiger partial charge in [-0.25, -0.2) is 0 Å². The number of nitrogens with one attached hydrogen (secondary N) is 1. The van der Waals surface area contributed by atoms with Crippen LogP contribution < -0.4 is 0 Å². The van der Waals surface area contributed by atoms with E-state index in [1.807, 2.05) is 26.2 Å². The molecule has 0 fully saturated rings. The van der Waals surface area contributed by atoms with Crippen LogP contribution in [0.5, 0.6) is 0 Å². The Morgan fingerprint density at radius 1 is 1.12 bits per heavy atom. The first-order valence-electron chi connectivity index (χ1n) is 7.77. The van der Waals surface area contributed by atoms with Crippen molar-refractivity contribution in [1.82, 2.24) is 20.1 Å². The van der Waals surface area contributed by atoms with Gasteiger partial charge in [-0.05, 0) is 32.4 Å². The van der Waals surface area contributed by atoms with E-state index in [1.165, 1.54) is 0 Å². The van der Waals surface area contributed by atoms with Gasteiger partial charge < -0.3 is 9.51 Å². The lowest BCUT2D eigenvalue weighted by Gasteiger charge is -2.00. The second-order valence-corrected chi connectivity index (χ2v) is 5.60. The summed E-state index contributed by atoms with van der Waals surface area (Å²) in [6.07, 6.45) is 4.94. The number of fused-ring (bicyclic) bond motifs is 3. The van der Waals surface area contributed by atoms with Crippen LogP contribution in [0.25, 0.3) is 33.1 Å². The maximum atomic E-state index is 8.12. The summed E-state index contributed by atoms with van der Waals surface area (Å²) in [5.41, 5.74) is 7.00. The second kappa shape index (κ2) is 6.67. The average molecular weight is 336 g/mol. The molecule has 25 heavy (non-hydrogen) atoms. The van der Waals surface area contributed by atoms with Crippen LogP contribution in [0.1, 0.15) is 24.1 Å². The lowest BCUT2D eigenvalue weighted by Crippen LogP contribution is -1.85. The summed E-state index contributed by atoms with van der Waals surface area (Å²) in [6.45, 7) is 5.96. The zero-order chi connectivity index (χ0) is 18.0. The van der Waals surface area contributed by atoms with Gasteiger partial charge in [-0.3, -0.25) is 9.97 Å². The standard InChI is InChI=1S/C17H16N4O.CO2/c1-4-12-6-14-13(8-18-12)17-15(20-14)5-11(7-19-17)16-9(2)21-22-10(16)3;2-1-3/h5-8,20H,4H2,1-3H3;. The van der Waals surface area contributed by atoms with E-state index >= 15 is 0 Å². The van der Waals surface area contributed by atoms with Crippen molar-refractivity contribution in [3.05, 3.63) is 41.7 Å². The molecule has 4 rings (SSSR count). The van der Waals surface area contributed by atoms with Crippen molar-refractivity contribution < 1.29 is 14.1 Å². The molecule has 0 radical (unpaired) electrons. The Morgan fingerprint density at radius 2 is 1.88 bits per heavy atom. The molecule has 0 atom stereocenters. The number of hydrogen-bond donors (Lipinski definition) is 1. The zero-order valence-corrected chi connectivity index (χ0v) is 14.1. The smallest absolute Gasteiger partial charge is 0.361 e. The molecule has 1 N–H and O–H groups in total. The molecule has 4 aromatic heterocycles. The molecule has 0 saturated heterocycles. The number of hydrogen-bond acceptors (Lipinski definition) is 6. The SMILES string of the molecule is CCc1cc2[nH]c3cc(-c4c(C)noc4C)cnc3c2cn1.O=C=O. The van der Waals surface area contributed by atoms with Crippen LogP contribution in [0, 0.1) is 13.8 Å². The Kier molecular flexibility index (Phi) is 4.41. The third-order valence-corrected chi connectivity index (χ3v) is 4.06. The molecule has 7 heteroatoms. The Balaban J connectivity index is 0.000000569. The van der Waals surface area contributed by atoms with E-state index in [0.29, 0.717) is 0 Å². The molecule has 0 bridgehead atoms. The predicted molar refractivity (Wildman–Crippen MR) is 90.8 cm³/mol. The third kappa shape index (κ3) is 2.93. The van der Waals surface area contributed by atoms with Crippen molar-refractivity contribution >= 4 is 28.1 Å². The number of nitrogens with zero attached hydrogens (tertiary/aromatic N) is 3. The lowest BCUT2D eigenvalue weighted by atomic mass is 10.1. The quantitative estimate of drug-likeness (QED) is 0.602. The van der Waals surface area contributed by atoms with Crippen molar-refractivity contribution in [2.24, 2.45) is 0 Å². The Labute approximate surface area is 143 Å². The van der Waals surface area contributed by atoms with Gasteiger partial charge in [0.2, 0.25) is 0 Å². The number of H-pyrrole nitrogens is 1. The van der Waals surface area contributed by atoms with Gasteiger partial charge in [-0.15, -0.1) is 0 Å². The highest BCUT2D eigenvalue weighted by atomic mass is 16.5. The fraction of sp³-hybridized carbons (Fsp3) is 0.222. The first-order valence-corrected chi connectivity index (χ1v) is 7.77. The summed E-state index contributed by atoms with van der Waals surface area (Å²) in [5.74, 6) is 0.810. The summed E-state index contributed by atoms with van der Waals surface area (Å²) in [7, 11) is 0. The normalized spacial score (nSPS) is 10.5. The van der Waals surface area contributed by atoms with Crippen molar-refractivity contribution in [3.8, 4) is 11.1 Å². The minimum absolute atomic E-state index is 0.250. The molecule has 4 heterocycles. The van der Waals surface area contributed by atoms with Gasteiger partial charge in [-0.2, -0.15) is 9.59 Å². The average Bonchev–Trinajstić information content (AvgIpc) is 3.13. The van der Waals surface area contributed by atoms with Crippen LogP contribution in [0.3, 0.4) is 0 Å². The fourth-order valence-corrected chi connectivity index (χ4v) is 2.94. The number of aromatic amines is 1. The molecule has 0 aliphatic carbocycles. The van der Waals surface area contributed by atoms with Crippen LogP contribution in [-0.2, 0) is 16.0 Å². The summed E-state index contributed by atoms with van der Waals surface area (Å²) < 4.78 is 5.25. The van der Waals surface area contributed by atoms with Crippen LogP contribution in [-0.4, -0.2) is 26.3 Å². The first kappa shape index (κ1) is 16.5. The van der Waals surface area contributed by atoms with E-state index < -0.39 is 0 Å². The molecule has 0 spiro atoms. The number of pyridine rings is 2. The molecule has 0 aromatic carbocycles. The molecule has 126 valence electrons. The second-order valence-electron chi connectivity index (χ2n) is 5.60. The van der Waals surface area contributed by atoms with Crippen molar-refractivity contribution in [2.45, 2.75) is 27.2 Å². The monoisotopic (exact) mass is 336 g/mol. The Morgan fingerprint density at radius 3 is 2.52 bits per heavy atom. The van der Waals surface area contributed by atoms with Gasteiger partial charge >= 0.3 is 6.15 Å². The van der Waals surface area contributed by atoms with Crippen LogP contribution >= 0.6 is 0 Å². The molecule has 0 saturated carbocycles. The van der Waals surface area contributed by atoms with Crippen LogP contribution in [0.15, 0.2) is 29.0 Å². The third-order valence-electron chi connectivity index (χ3n) is 4.06. The van der Waals surface area contributed by atoms with E-state index in [1.54, 1.807) is 0 Å². The molecule has 0 aliphatic heterocycles. The number of aryl methyl sites for hydroxylation is 3. The summed E-state index contributed by atoms with van der Waals surface area (Å²) >= 11 is 0. The largest absolute Gasteiger partial charge is 0.373 e. The van der Waals surface area contributed by atoms with E-state index in [0.717, 1.165) is 56.6 Å². The van der Waals surface area contributed by atoms with Crippen molar-refractivity contribution in [2.75, 3.05) is 0 Å². The summed E-state index contributed by atoms with van der Waals surface area (Å²) in [4.78, 5) is 28.8. The highest BCUT2D eigenvalue weighted by Gasteiger charge is 2.14. The van der Waals surface area contributed by atoms with Gasteiger partial charge in [0.05, 0.1) is 22.2 Å². The van der Waals surface area contributed by atoms with Gasteiger partial charge in [-0.1, -0.05) is 12.1 Å². The maximum absolute atomic E-state index is 8.12. The van der Waals surface area contributed by atoms with E-state index in [9.17, 15) is 0 Å². The van der Waals surface area contributed by atoms with Gasteiger partial charge in [0.1, 0.15) is 5.76 Å². The molecule has 0 unspecified atom stereocenters. The minimum Gasteiger partial charge on any atom is -0.361 e. The lowest BCUT2D eigenvalue weighted by molar-refractivity contribution is -0.191. The summed E-state index contributed by atoms with van der Waals surface area (Å²) in [5, 5.41) is 5.07. The molecule has 0 aliphatic rings. The highest BCUT2D eigenvalue weighted by Crippen LogP contribution is 2.30. The highest BCUT2D eigenvalue weighted by molar-refractivity contribution is 6.05.